The van der Waals surface area contributed by atoms with Crippen molar-refractivity contribution in [3.8, 4) is 0 Å². The number of thiocarbonyl (C=S) groups is 1. The molecule has 5 rings (SSSR count). The van der Waals surface area contributed by atoms with Gasteiger partial charge in [0.2, 0.25) is 0 Å². The Balaban J connectivity index is 1.30. The number of hydrazone groups is 1. The summed E-state index contributed by atoms with van der Waals surface area (Å²) in [6.07, 6.45) is 8.21. The van der Waals surface area contributed by atoms with E-state index in [4.69, 9.17) is 18.0 Å². The number of halogens is 2. The maximum Gasteiger partial charge on any atom is 0.184 e. The lowest BCUT2D eigenvalue weighted by atomic mass is 9.94. The molecule has 3 aliphatic rings. The predicted octanol–water partition coefficient (Wildman–Crippen LogP) is 3.91. The van der Waals surface area contributed by atoms with Crippen LogP contribution in [-0.2, 0) is 6.54 Å². The van der Waals surface area contributed by atoms with Crippen molar-refractivity contribution < 1.29 is 8.78 Å². The first-order valence-corrected chi connectivity index (χ1v) is 14.5. The summed E-state index contributed by atoms with van der Waals surface area (Å²) in [4.78, 5) is 9.31. The summed E-state index contributed by atoms with van der Waals surface area (Å²) in [6, 6.07) is 11.1. The van der Waals surface area contributed by atoms with E-state index in [2.05, 4.69) is 30.1 Å². The van der Waals surface area contributed by atoms with Gasteiger partial charge in [0.05, 0.1) is 11.9 Å². The summed E-state index contributed by atoms with van der Waals surface area (Å²) < 4.78 is 29.6. The molecular weight excluding hydrogens is 516 g/mol. The number of rotatable bonds is 7. The van der Waals surface area contributed by atoms with Crippen LogP contribution in [0.3, 0.4) is 0 Å². The summed E-state index contributed by atoms with van der Waals surface area (Å²) >= 11 is 4.87. The third-order valence-electron chi connectivity index (χ3n) is 8.29. The summed E-state index contributed by atoms with van der Waals surface area (Å²) in [5, 5.41) is 4.20. The van der Waals surface area contributed by atoms with Gasteiger partial charge in [-0.25, -0.2) is 8.78 Å². The lowest BCUT2D eigenvalue weighted by Crippen LogP contribution is -2.51. The first-order valence-electron chi connectivity index (χ1n) is 14.1. The van der Waals surface area contributed by atoms with Crippen LogP contribution in [0.2, 0.25) is 0 Å². The van der Waals surface area contributed by atoms with Crippen LogP contribution in [0.15, 0.2) is 41.5 Å². The first-order chi connectivity index (χ1) is 19.0. The highest BCUT2D eigenvalue weighted by molar-refractivity contribution is 7.80. The normalized spacial score (nSPS) is 20.1. The predicted molar refractivity (Wildman–Crippen MR) is 158 cm³/mol. The quantitative estimate of drug-likeness (QED) is 0.305. The number of nitrogens with zero attached hydrogens (tertiary/aromatic N) is 5. The summed E-state index contributed by atoms with van der Waals surface area (Å²) in [6.45, 7) is 7.19. The Bertz CT molecular complexity index is 1150. The van der Waals surface area contributed by atoms with Crippen molar-refractivity contribution in [2.24, 2.45) is 10.8 Å². The molecule has 39 heavy (non-hydrogen) atoms. The first kappa shape index (κ1) is 27.7. The summed E-state index contributed by atoms with van der Waals surface area (Å²) in [5.41, 5.74) is 11.1. The molecule has 10 heteroatoms. The van der Waals surface area contributed by atoms with E-state index in [1.165, 1.54) is 38.2 Å². The van der Waals surface area contributed by atoms with E-state index in [1.807, 2.05) is 18.2 Å². The maximum absolute atomic E-state index is 15.5. The molecule has 2 saturated heterocycles. The Morgan fingerprint density at radius 2 is 1.56 bits per heavy atom. The second-order valence-corrected chi connectivity index (χ2v) is 11.2. The highest BCUT2D eigenvalue weighted by Crippen LogP contribution is 2.32. The second-order valence-electron chi connectivity index (χ2n) is 10.8. The van der Waals surface area contributed by atoms with Crippen LogP contribution in [0.1, 0.15) is 43.2 Å². The molecule has 0 amide bonds. The van der Waals surface area contributed by atoms with Gasteiger partial charge >= 0.3 is 0 Å². The van der Waals surface area contributed by atoms with Crippen LogP contribution in [0.5, 0.6) is 0 Å². The zero-order valence-electron chi connectivity index (χ0n) is 22.5. The molecule has 0 aromatic heterocycles. The maximum atomic E-state index is 15.5. The largest absolute Gasteiger partial charge is 0.375 e. The van der Waals surface area contributed by atoms with Crippen molar-refractivity contribution in [2.75, 3.05) is 62.2 Å². The molecule has 0 bridgehead atoms. The van der Waals surface area contributed by atoms with Crippen molar-refractivity contribution >= 4 is 34.9 Å². The molecule has 2 aromatic carbocycles. The van der Waals surface area contributed by atoms with Gasteiger partial charge in [0.15, 0.2) is 5.11 Å². The third kappa shape index (κ3) is 7.04. The van der Waals surface area contributed by atoms with Gasteiger partial charge in [0.25, 0.3) is 0 Å². The highest BCUT2D eigenvalue weighted by atomic mass is 32.1. The fraction of sp³-hybridized carbons (Fsp3) is 0.517. The molecule has 2 aliphatic heterocycles. The minimum Gasteiger partial charge on any atom is -0.375 e. The fourth-order valence-corrected chi connectivity index (χ4v) is 6.19. The van der Waals surface area contributed by atoms with Crippen molar-refractivity contribution in [3.63, 3.8) is 0 Å². The Morgan fingerprint density at radius 3 is 2.26 bits per heavy atom. The topological polar surface area (TPSA) is 63.4 Å². The molecule has 1 aliphatic carbocycles. The van der Waals surface area contributed by atoms with Gasteiger partial charge in [-0.2, -0.15) is 5.10 Å². The van der Waals surface area contributed by atoms with E-state index in [0.29, 0.717) is 42.5 Å². The van der Waals surface area contributed by atoms with Gasteiger partial charge in [-0.1, -0.05) is 37.5 Å². The van der Waals surface area contributed by atoms with Crippen LogP contribution in [0, 0.1) is 11.6 Å². The monoisotopic (exact) mass is 555 g/mol. The molecule has 210 valence electrons. The minimum atomic E-state index is -0.279. The number of anilines is 2. The standard InChI is InChI=1S/C29H39F2N7S/c30-25-9-5-4-6-22(25)21-35-10-12-38(13-11-35)28-19-27(23(18-26(28)31)20-33-34-29(32)39)37-16-14-36(15-17-37)24-7-2-1-3-8-24/h4-6,9,18-20,24H,1-3,7-8,10-17,21H2,(H3,32,34,39). The Morgan fingerprint density at radius 1 is 0.897 bits per heavy atom. The Labute approximate surface area is 235 Å². The second kappa shape index (κ2) is 13.0. The number of hydrogen-bond donors (Lipinski definition) is 2. The lowest BCUT2D eigenvalue weighted by molar-refractivity contribution is 0.148. The molecule has 0 radical (unpaired) electrons. The van der Waals surface area contributed by atoms with Crippen LogP contribution >= 0.6 is 12.2 Å². The average Bonchev–Trinajstić information content (AvgIpc) is 2.95. The van der Waals surface area contributed by atoms with E-state index >= 15 is 4.39 Å². The highest BCUT2D eigenvalue weighted by Gasteiger charge is 2.28. The molecule has 3 N–H and O–H groups in total. The van der Waals surface area contributed by atoms with Crippen molar-refractivity contribution in [2.45, 2.75) is 44.7 Å². The summed E-state index contributed by atoms with van der Waals surface area (Å²) in [5.74, 6) is -0.458. The van der Waals surface area contributed by atoms with Crippen LogP contribution < -0.4 is 21.0 Å². The number of hydrogen-bond acceptors (Lipinski definition) is 6. The van der Waals surface area contributed by atoms with Crippen molar-refractivity contribution in [1.82, 2.24) is 15.2 Å². The molecule has 7 nitrogen and oxygen atoms in total. The number of benzene rings is 2. The minimum absolute atomic E-state index is 0.0687. The number of nitrogens with two attached hydrogens (primary N) is 1. The molecule has 1 saturated carbocycles. The molecule has 0 unspecified atom stereocenters. The Hall–Kier alpha value is -2.82. The smallest absolute Gasteiger partial charge is 0.184 e. The van der Waals surface area contributed by atoms with Crippen molar-refractivity contribution in [1.29, 1.82) is 0 Å². The zero-order chi connectivity index (χ0) is 27.2. The molecule has 0 atom stereocenters. The lowest BCUT2D eigenvalue weighted by Gasteiger charge is -2.42. The zero-order valence-corrected chi connectivity index (χ0v) is 23.3. The molecule has 0 spiro atoms. The van der Waals surface area contributed by atoms with Crippen LogP contribution in [0.4, 0.5) is 20.2 Å². The fourth-order valence-electron chi connectivity index (χ4n) is 6.14. The molecule has 2 heterocycles. The van der Waals surface area contributed by atoms with Gasteiger partial charge in [-0.3, -0.25) is 15.2 Å². The van der Waals surface area contributed by atoms with E-state index < -0.39 is 0 Å². The van der Waals surface area contributed by atoms with Gasteiger partial charge in [0, 0.05) is 81.8 Å². The van der Waals surface area contributed by atoms with Crippen LogP contribution in [-0.4, -0.2) is 79.5 Å². The Kier molecular flexibility index (Phi) is 9.26. The van der Waals surface area contributed by atoms with Crippen LogP contribution in [0.25, 0.3) is 0 Å². The molecule has 3 fully saturated rings. The molecular formula is C29H39F2N7S. The van der Waals surface area contributed by atoms with E-state index in [-0.39, 0.29) is 16.7 Å². The summed E-state index contributed by atoms with van der Waals surface area (Å²) in [7, 11) is 0. The third-order valence-corrected chi connectivity index (χ3v) is 8.38. The van der Waals surface area contributed by atoms with E-state index in [1.54, 1.807) is 18.3 Å². The molecule has 2 aromatic rings. The van der Waals surface area contributed by atoms with Gasteiger partial charge in [-0.05, 0) is 43.3 Å². The van der Waals surface area contributed by atoms with Gasteiger partial charge < -0.3 is 15.5 Å². The van der Waals surface area contributed by atoms with E-state index in [9.17, 15) is 4.39 Å². The number of nitrogens with one attached hydrogen (secondary N) is 1. The van der Waals surface area contributed by atoms with Gasteiger partial charge in [-0.15, -0.1) is 0 Å². The van der Waals surface area contributed by atoms with E-state index in [0.717, 1.165) is 45.0 Å². The number of piperazine rings is 2. The average molecular weight is 556 g/mol. The SMILES string of the molecule is NC(=S)NN=Cc1cc(F)c(N2CCN(Cc3ccccc3F)CC2)cc1N1CCN(C2CCCCC2)CC1. The van der Waals surface area contributed by atoms with Crippen molar-refractivity contribution in [3.05, 3.63) is 59.2 Å². The van der Waals surface area contributed by atoms with Gasteiger partial charge in [0.1, 0.15) is 11.6 Å².